The van der Waals surface area contributed by atoms with Crippen molar-refractivity contribution in [2.24, 2.45) is 0 Å². The van der Waals surface area contributed by atoms with E-state index >= 15 is 0 Å². The third kappa shape index (κ3) is 4.63. The first kappa shape index (κ1) is 16.7. The summed E-state index contributed by atoms with van der Waals surface area (Å²) < 4.78 is 37.8. The molecule has 7 heteroatoms. The molecular weight excluding hydrogens is 271 g/mol. The second kappa shape index (κ2) is 6.88. The lowest BCUT2D eigenvalue weighted by atomic mass is 10.2. The molecule has 0 amide bonds. The molecule has 0 saturated carbocycles. The van der Waals surface area contributed by atoms with Crippen molar-refractivity contribution in [3.63, 3.8) is 0 Å². The van der Waals surface area contributed by atoms with E-state index in [1.54, 1.807) is 6.92 Å². The van der Waals surface area contributed by atoms with Gasteiger partial charge in [0.25, 0.3) is 0 Å². The van der Waals surface area contributed by atoms with Crippen molar-refractivity contribution >= 4 is 5.69 Å². The van der Waals surface area contributed by atoms with Crippen LogP contribution in [0.2, 0.25) is 0 Å². The molecule has 0 atom stereocenters. The summed E-state index contributed by atoms with van der Waals surface area (Å²) >= 11 is 0. The van der Waals surface area contributed by atoms with Crippen LogP contribution in [-0.4, -0.2) is 34.3 Å². The van der Waals surface area contributed by atoms with Crippen molar-refractivity contribution in [2.75, 3.05) is 18.0 Å². The van der Waals surface area contributed by atoms with E-state index in [1.165, 1.54) is 6.20 Å². The Morgan fingerprint density at radius 3 is 2.45 bits per heavy atom. The first-order valence-corrected chi connectivity index (χ1v) is 6.56. The normalized spacial score (nSPS) is 12.0. The van der Waals surface area contributed by atoms with Crippen LogP contribution in [0, 0.1) is 0 Å². The fraction of sp³-hybridized carbons (Fsp3) is 0.692. The van der Waals surface area contributed by atoms with Crippen molar-refractivity contribution in [3.05, 3.63) is 17.7 Å². The van der Waals surface area contributed by atoms with Gasteiger partial charge in [0.05, 0.1) is 24.2 Å². The summed E-state index contributed by atoms with van der Waals surface area (Å²) in [4.78, 5) is 9.40. The number of aliphatic hydroxyl groups excluding tert-OH is 1. The quantitative estimate of drug-likeness (QED) is 0.875. The molecule has 0 aliphatic rings. The summed E-state index contributed by atoms with van der Waals surface area (Å²) in [6.45, 7) is 4.32. The fourth-order valence-corrected chi connectivity index (χ4v) is 1.86. The highest BCUT2D eigenvalue weighted by Gasteiger charge is 2.31. The summed E-state index contributed by atoms with van der Waals surface area (Å²) in [7, 11) is 0. The van der Waals surface area contributed by atoms with Gasteiger partial charge in [-0.25, -0.2) is 9.97 Å². The van der Waals surface area contributed by atoms with Gasteiger partial charge in [0.1, 0.15) is 12.4 Å². The van der Waals surface area contributed by atoms with E-state index in [0.29, 0.717) is 12.2 Å². The molecule has 1 N–H and O–H groups in total. The second-order valence-electron chi connectivity index (χ2n) is 4.91. The minimum absolute atomic E-state index is 0.0524. The van der Waals surface area contributed by atoms with Crippen LogP contribution in [0.1, 0.15) is 44.6 Å². The Morgan fingerprint density at radius 1 is 1.35 bits per heavy atom. The van der Waals surface area contributed by atoms with Crippen molar-refractivity contribution in [1.29, 1.82) is 0 Å². The van der Waals surface area contributed by atoms with Gasteiger partial charge in [0.15, 0.2) is 0 Å². The molecule has 1 aromatic heterocycles. The van der Waals surface area contributed by atoms with Crippen LogP contribution in [-0.2, 0) is 6.61 Å². The minimum Gasteiger partial charge on any atom is -0.390 e. The van der Waals surface area contributed by atoms with Gasteiger partial charge in [-0.2, -0.15) is 13.2 Å². The molecule has 0 saturated heterocycles. The van der Waals surface area contributed by atoms with Gasteiger partial charge >= 0.3 is 6.18 Å². The predicted molar refractivity (Wildman–Crippen MR) is 70.6 cm³/mol. The second-order valence-corrected chi connectivity index (χ2v) is 4.91. The predicted octanol–water partition coefficient (Wildman–Crippen LogP) is 2.87. The Kier molecular flexibility index (Phi) is 5.74. The zero-order valence-electron chi connectivity index (χ0n) is 11.9. The number of anilines is 1. The van der Waals surface area contributed by atoms with Crippen LogP contribution in [0.15, 0.2) is 6.20 Å². The van der Waals surface area contributed by atoms with Crippen LogP contribution < -0.4 is 4.90 Å². The molecule has 1 aromatic rings. The van der Waals surface area contributed by atoms with Gasteiger partial charge in [0, 0.05) is 12.5 Å². The number of rotatable bonds is 6. The maximum absolute atomic E-state index is 12.6. The maximum atomic E-state index is 12.6. The lowest BCUT2D eigenvalue weighted by Crippen LogP contribution is -2.35. The molecule has 0 aliphatic heterocycles. The monoisotopic (exact) mass is 291 g/mol. The average Bonchev–Trinajstić information content (AvgIpc) is 2.35. The zero-order valence-corrected chi connectivity index (χ0v) is 11.9. The number of hydrogen-bond donors (Lipinski definition) is 1. The van der Waals surface area contributed by atoms with E-state index in [1.807, 2.05) is 13.8 Å². The van der Waals surface area contributed by atoms with Gasteiger partial charge in [-0.1, -0.05) is 20.8 Å². The Balaban J connectivity index is 3.12. The number of alkyl halides is 3. The Labute approximate surface area is 116 Å². The van der Waals surface area contributed by atoms with E-state index in [4.69, 9.17) is 0 Å². The number of nitrogens with zero attached hydrogens (tertiary/aromatic N) is 3. The van der Waals surface area contributed by atoms with E-state index in [-0.39, 0.29) is 23.8 Å². The molecular formula is C13H20F3N3O. The van der Waals surface area contributed by atoms with E-state index < -0.39 is 19.3 Å². The highest BCUT2D eigenvalue weighted by atomic mass is 19.4. The summed E-state index contributed by atoms with van der Waals surface area (Å²) in [6, 6.07) is 0. The van der Waals surface area contributed by atoms with Crippen LogP contribution in [0.25, 0.3) is 0 Å². The summed E-state index contributed by atoms with van der Waals surface area (Å²) in [5, 5.41) is 9.34. The van der Waals surface area contributed by atoms with Crippen molar-refractivity contribution in [2.45, 2.75) is 45.9 Å². The number of halogens is 3. The number of hydrogen-bond acceptors (Lipinski definition) is 4. The van der Waals surface area contributed by atoms with Crippen LogP contribution in [0.4, 0.5) is 18.9 Å². The summed E-state index contributed by atoms with van der Waals surface area (Å²) in [5.74, 6) is 0.567. The Bertz CT molecular complexity index is 435. The Hall–Kier alpha value is -1.37. The van der Waals surface area contributed by atoms with Crippen molar-refractivity contribution in [1.82, 2.24) is 9.97 Å². The third-order valence-electron chi connectivity index (χ3n) is 2.73. The van der Waals surface area contributed by atoms with Crippen LogP contribution in [0.5, 0.6) is 0 Å². The number of aliphatic hydroxyl groups is 1. The van der Waals surface area contributed by atoms with Crippen LogP contribution in [0.3, 0.4) is 0 Å². The molecule has 4 nitrogen and oxygen atoms in total. The smallest absolute Gasteiger partial charge is 0.390 e. The number of aromatic nitrogens is 2. The van der Waals surface area contributed by atoms with Gasteiger partial charge in [-0.15, -0.1) is 0 Å². The molecule has 0 spiro atoms. The minimum atomic E-state index is -4.31. The molecule has 20 heavy (non-hydrogen) atoms. The van der Waals surface area contributed by atoms with Gasteiger partial charge < -0.3 is 10.0 Å². The van der Waals surface area contributed by atoms with Gasteiger partial charge in [-0.05, 0) is 6.42 Å². The van der Waals surface area contributed by atoms with Gasteiger partial charge in [-0.3, -0.25) is 0 Å². The topological polar surface area (TPSA) is 49.2 Å². The van der Waals surface area contributed by atoms with Crippen molar-refractivity contribution < 1.29 is 18.3 Å². The first-order chi connectivity index (χ1) is 9.28. The first-order valence-electron chi connectivity index (χ1n) is 6.56. The van der Waals surface area contributed by atoms with E-state index in [2.05, 4.69) is 9.97 Å². The van der Waals surface area contributed by atoms with E-state index in [9.17, 15) is 18.3 Å². The highest BCUT2D eigenvalue weighted by Crippen LogP contribution is 2.25. The molecule has 114 valence electrons. The third-order valence-corrected chi connectivity index (χ3v) is 2.73. The standard InChI is InChI=1S/C13H20F3N3O/c1-4-5-19(8-13(14,15)16)11-6-17-12(9(2)3)18-10(11)7-20/h6,9,20H,4-5,7-8H2,1-3H3. The highest BCUT2D eigenvalue weighted by molar-refractivity contribution is 5.49. The van der Waals surface area contributed by atoms with Gasteiger partial charge in [0.2, 0.25) is 0 Å². The lowest BCUT2D eigenvalue weighted by molar-refractivity contribution is -0.119. The molecule has 0 aliphatic carbocycles. The van der Waals surface area contributed by atoms with E-state index in [0.717, 1.165) is 4.90 Å². The molecule has 0 fully saturated rings. The molecule has 0 bridgehead atoms. The lowest BCUT2D eigenvalue weighted by Gasteiger charge is -2.26. The van der Waals surface area contributed by atoms with Crippen LogP contribution >= 0.6 is 0 Å². The summed E-state index contributed by atoms with van der Waals surface area (Å²) in [6.07, 6.45) is -2.37. The zero-order chi connectivity index (χ0) is 15.3. The Morgan fingerprint density at radius 2 is 2.00 bits per heavy atom. The molecule has 0 aromatic carbocycles. The molecule has 0 unspecified atom stereocenters. The maximum Gasteiger partial charge on any atom is 0.405 e. The molecule has 0 radical (unpaired) electrons. The fourth-order valence-electron chi connectivity index (χ4n) is 1.86. The average molecular weight is 291 g/mol. The SMILES string of the molecule is CCCN(CC(F)(F)F)c1cnc(C(C)C)nc1CO. The largest absolute Gasteiger partial charge is 0.405 e. The van der Waals surface area contributed by atoms with Crippen molar-refractivity contribution in [3.8, 4) is 0 Å². The molecule has 1 rings (SSSR count). The molecule has 1 heterocycles. The summed E-state index contributed by atoms with van der Waals surface area (Å²) in [5.41, 5.74) is 0.484.